The number of nitrogens with zero attached hydrogens (tertiary/aromatic N) is 1. The lowest BCUT2D eigenvalue weighted by atomic mass is 10.1. The summed E-state index contributed by atoms with van der Waals surface area (Å²) in [5.74, 6) is 0.257. The average Bonchev–Trinajstić information content (AvgIpc) is 2.88. The highest BCUT2D eigenvalue weighted by Gasteiger charge is 2.10. The molecule has 2 aromatic rings. The van der Waals surface area contributed by atoms with Crippen LogP contribution in [0.1, 0.15) is 28.5 Å². The summed E-state index contributed by atoms with van der Waals surface area (Å²) in [6.07, 6.45) is 0. The van der Waals surface area contributed by atoms with Crippen LogP contribution in [0.2, 0.25) is 0 Å². The lowest BCUT2D eigenvalue weighted by molar-refractivity contribution is -0.118. The highest BCUT2D eigenvalue weighted by Crippen LogP contribution is 2.19. The predicted octanol–water partition coefficient (Wildman–Crippen LogP) is 2.98. The Kier molecular flexibility index (Phi) is 4.70. The van der Waals surface area contributed by atoms with E-state index >= 15 is 0 Å². The van der Waals surface area contributed by atoms with Crippen molar-refractivity contribution in [3.8, 4) is 5.75 Å². The normalized spacial score (nSPS) is 10.2. The van der Waals surface area contributed by atoms with Gasteiger partial charge in [0.1, 0.15) is 11.4 Å². The van der Waals surface area contributed by atoms with Crippen LogP contribution < -0.4 is 10.1 Å². The summed E-state index contributed by atoms with van der Waals surface area (Å²) in [5.41, 5.74) is 2.40. The zero-order valence-corrected chi connectivity index (χ0v) is 12.9. The molecule has 110 valence electrons. The molecule has 0 fully saturated rings. The van der Waals surface area contributed by atoms with E-state index in [0.717, 1.165) is 11.1 Å². The Morgan fingerprint density at radius 2 is 2.10 bits per heavy atom. The zero-order valence-electron chi connectivity index (χ0n) is 12.1. The molecule has 0 bridgehead atoms. The molecule has 1 aromatic carbocycles. The highest BCUT2D eigenvalue weighted by atomic mass is 32.1. The lowest BCUT2D eigenvalue weighted by Gasteiger charge is -2.09. The first-order chi connectivity index (χ1) is 9.95. The lowest BCUT2D eigenvalue weighted by Crippen LogP contribution is -2.20. The second kappa shape index (κ2) is 6.49. The van der Waals surface area contributed by atoms with Crippen molar-refractivity contribution in [2.45, 2.75) is 20.8 Å². The second-order valence-electron chi connectivity index (χ2n) is 4.70. The maximum atomic E-state index is 11.8. The summed E-state index contributed by atoms with van der Waals surface area (Å²) in [7, 11) is 0. The number of nitrogens with one attached hydrogen (secondary N) is 1. The van der Waals surface area contributed by atoms with E-state index in [2.05, 4.69) is 10.3 Å². The molecule has 0 saturated carbocycles. The van der Waals surface area contributed by atoms with Crippen LogP contribution in [0.5, 0.6) is 5.75 Å². The number of carbonyl (C=O) groups is 2. The molecule has 21 heavy (non-hydrogen) atoms. The Bertz CT molecular complexity index is 679. The van der Waals surface area contributed by atoms with Gasteiger partial charge in [0.15, 0.2) is 17.5 Å². The number of rotatable bonds is 5. The molecule has 2 rings (SSSR count). The Balaban J connectivity index is 1.92. The number of hydrogen-bond donors (Lipinski definition) is 1. The van der Waals surface area contributed by atoms with Crippen LogP contribution in [0.4, 0.5) is 5.13 Å². The fraction of sp³-hybridized carbons (Fsp3) is 0.267. The van der Waals surface area contributed by atoms with Gasteiger partial charge in [-0.3, -0.25) is 14.9 Å². The molecule has 1 aromatic heterocycles. The van der Waals surface area contributed by atoms with Crippen LogP contribution >= 0.6 is 11.3 Å². The monoisotopic (exact) mass is 304 g/mol. The smallest absolute Gasteiger partial charge is 0.264 e. The standard InChI is InChI=1S/C15H16N2O3S/c1-9-4-5-10(2)13(6-9)20-7-14(19)17-15-16-12(8-21-15)11(3)18/h4-6,8H,7H2,1-3H3,(H,16,17,19). The zero-order chi connectivity index (χ0) is 15.4. The van der Waals surface area contributed by atoms with E-state index in [9.17, 15) is 9.59 Å². The summed E-state index contributed by atoms with van der Waals surface area (Å²) in [6.45, 7) is 5.22. The van der Waals surface area contributed by atoms with E-state index in [1.807, 2.05) is 32.0 Å². The van der Waals surface area contributed by atoms with Crippen molar-refractivity contribution in [1.29, 1.82) is 0 Å². The number of aromatic nitrogens is 1. The molecular formula is C15H16N2O3S. The van der Waals surface area contributed by atoms with Crippen LogP contribution in [-0.4, -0.2) is 23.3 Å². The van der Waals surface area contributed by atoms with E-state index in [-0.39, 0.29) is 18.3 Å². The van der Waals surface area contributed by atoms with Gasteiger partial charge in [-0.1, -0.05) is 12.1 Å². The summed E-state index contributed by atoms with van der Waals surface area (Å²) in [4.78, 5) is 27.0. The van der Waals surface area contributed by atoms with Gasteiger partial charge in [-0.05, 0) is 31.0 Å². The molecule has 0 aliphatic heterocycles. The third-order valence-electron chi connectivity index (χ3n) is 2.81. The summed E-state index contributed by atoms with van der Waals surface area (Å²) < 4.78 is 5.50. The van der Waals surface area contributed by atoms with Gasteiger partial charge < -0.3 is 4.74 Å². The fourth-order valence-electron chi connectivity index (χ4n) is 1.65. The Hall–Kier alpha value is -2.21. The molecule has 5 nitrogen and oxygen atoms in total. The summed E-state index contributed by atoms with van der Waals surface area (Å²) in [6, 6.07) is 5.82. The van der Waals surface area contributed by atoms with Crippen LogP contribution in [0, 0.1) is 13.8 Å². The van der Waals surface area contributed by atoms with Crippen LogP contribution in [0.15, 0.2) is 23.6 Å². The van der Waals surface area contributed by atoms with Gasteiger partial charge in [-0.25, -0.2) is 4.98 Å². The first-order valence-electron chi connectivity index (χ1n) is 6.42. The van der Waals surface area contributed by atoms with Gasteiger partial charge in [0.2, 0.25) is 0 Å². The molecule has 0 aliphatic rings. The van der Waals surface area contributed by atoms with Crippen molar-refractivity contribution < 1.29 is 14.3 Å². The number of anilines is 1. The highest BCUT2D eigenvalue weighted by molar-refractivity contribution is 7.14. The minimum atomic E-state index is -0.305. The van der Waals surface area contributed by atoms with E-state index in [1.54, 1.807) is 5.38 Å². The van der Waals surface area contributed by atoms with Crippen molar-refractivity contribution in [2.75, 3.05) is 11.9 Å². The van der Waals surface area contributed by atoms with Gasteiger partial charge in [0, 0.05) is 12.3 Å². The molecule has 6 heteroatoms. The fourth-order valence-corrected chi connectivity index (χ4v) is 2.42. The van der Waals surface area contributed by atoms with Gasteiger partial charge in [0.25, 0.3) is 5.91 Å². The van der Waals surface area contributed by atoms with Crippen LogP contribution in [-0.2, 0) is 4.79 Å². The third-order valence-corrected chi connectivity index (χ3v) is 3.57. The summed E-state index contributed by atoms with van der Waals surface area (Å²) in [5, 5.41) is 4.63. The first kappa shape index (κ1) is 15.2. The molecule has 0 spiro atoms. The largest absolute Gasteiger partial charge is 0.483 e. The minimum Gasteiger partial charge on any atom is -0.483 e. The predicted molar refractivity (Wildman–Crippen MR) is 82.2 cm³/mol. The number of benzene rings is 1. The van der Waals surface area contributed by atoms with Crippen molar-refractivity contribution in [2.24, 2.45) is 0 Å². The Morgan fingerprint density at radius 1 is 1.33 bits per heavy atom. The Morgan fingerprint density at radius 3 is 2.76 bits per heavy atom. The average molecular weight is 304 g/mol. The van der Waals surface area contributed by atoms with Gasteiger partial charge in [-0.2, -0.15) is 0 Å². The molecule has 0 radical (unpaired) electrons. The quantitative estimate of drug-likeness (QED) is 0.862. The summed E-state index contributed by atoms with van der Waals surface area (Å²) >= 11 is 1.21. The molecule has 0 unspecified atom stereocenters. The molecule has 1 heterocycles. The number of aryl methyl sites for hydroxylation is 2. The van der Waals surface area contributed by atoms with Gasteiger partial charge in [0.05, 0.1) is 0 Å². The number of ketones is 1. The number of amides is 1. The maximum Gasteiger partial charge on any atom is 0.264 e. The third kappa shape index (κ3) is 4.13. The molecule has 0 saturated heterocycles. The van der Waals surface area contributed by atoms with Crippen molar-refractivity contribution in [3.63, 3.8) is 0 Å². The van der Waals surface area contributed by atoms with Gasteiger partial charge >= 0.3 is 0 Å². The van der Waals surface area contributed by atoms with Crippen molar-refractivity contribution in [3.05, 3.63) is 40.4 Å². The second-order valence-corrected chi connectivity index (χ2v) is 5.56. The number of thiazole rings is 1. The first-order valence-corrected chi connectivity index (χ1v) is 7.30. The van der Waals surface area contributed by atoms with E-state index < -0.39 is 0 Å². The van der Waals surface area contributed by atoms with Crippen molar-refractivity contribution in [1.82, 2.24) is 4.98 Å². The molecule has 1 N–H and O–H groups in total. The van der Waals surface area contributed by atoms with E-state index in [4.69, 9.17) is 4.74 Å². The van der Waals surface area contributed by atoms with Gasteiger partial charge in [-0.15, -0.1) is 11.3 Å². The van der Waals surface area contributed by atoms with Crippen LogP contribution in [0.3, 0.4) is 0 Å². The molecular weight excluding hydrogens is 288 g/mol. The molecule has 0 aliphatic carbocycles. The van der Waals surface area contributed by atoms with E-state index in [0.29, 0.717) is 16.6 Å². The maximum absolute atomic E-state index is 11.8. The van der Waals surface area contributed by atoms with E-state index in [1.165, 1.54) is 18.3 Å². The number of Topliss-reactive ketones (excluding diaryl/α,β-unsaturated/α-hetero) is 1. The Labute approximate surface area is 127 Å². The topological polar surface area (TPSA) is 68.3 Å². The molecule has 0 atom stereocenters. The number of carbonyl (C=O) groups excluding carboxylic acids is 2. The van der Waals surface area contributed by atoms with Crippen LogP contribution in [0.25, 0.3) is 0 Å². The molecule has 1 amide bonds. The van der Waals surface area contributed by atoms with Crippen molar-refractivity contribution >= 4 is 28.2 Å². The number of ether oxygens (including phenoxy) is 1. The number of hydrogen-bond acceptors (Lipinski definition) is 5. The SMILES string of the molecule is CC(=O)c1csc(NC(=O)COc2cc(C)ccc2C)n1. The minimum absolute atomic E-state index is 0.0979.